The minimum absolute atomic E-state index is 0.131. The number of carbonyl (C=O) groups is 3. The molecule has 140 valence electrons. The monoisotopic (exact) mass is 492 g/mol. The number of carboxylic acids is 1. The largest absolute Gasteiger partial charge is 0.615 e. The number of fused-ring (bicyclic) bond motifs is 1. The minimum atomic E-state index is -1.46. The summed E-state index contributed by atoms with van der Waals surface area (Å²) in [5.74, 6) is -1.57. The number of carboxylic acid groups (broad SMARTS) is 1. The van der Waals surface area contributed by atoms with Gasteiger partial charge in [0.05, 0.1) is 3.42 Å². The number of nitrogens with one attached hydrogen (secondary N) is 1. The predicted octanol–water partition coefficient (Wildman–Crippen LogP) is 0.128. The number of nitrogens with zero attached hydrogens (tertiary/aromatic N) is 1. The van der Waals surface area contributed by atoms with Gasteiger partial charge < -0.3 is 19.7 Å². The molecular weight excluding hydrogens is 475 g/mol. The van der Waals surface area contributed by atoms with Crippen LogP contribution in [0.5, 0.6) is 5.75 Å². The predicted molar refractivity (Wildman–Crippen MR) is 101 cm³/mol. The van der Waals surface area contributed by atoms with Gasteiger partial charge in [-0.15, -0.1) is 0 Å². The summed E-state index contributed by atoms with van der Waals surface area (Å²) in [5, 5.41) is 11.2. The number of hydrogen-bond acceptors (Lipinski definition) is 5. The fourth-order valence-corrected chi connectivity index (χ4v) is 6.50. The van der Waals surface area contributed by atoms with Crippen LogP contribution in [0.15, 0.2) is 30.3 Å². The number of benzene rings is 1. The molecule has 0 radical (unpaired) electrons. The summed E-state index contributed by atoms with van der Waals surface area (Å²) < 4.78 is 17.0. The van der Waals surface area contributed by atoms with Crippen molar-refractivity contribution in [3.05, 3.63) is 30.3 Å². The number of ether oxygens (including phenoxy) is 1. The van der Waals surface area contributed by atoms with Gasteiger partial charge in [-0.25, -0.2) is 4.79 Å². The third-order valence-electron chi connectivity index (χ3n) is 4.29. The van der Waals surface area contributed by atoms with Crippen molar-refractivity contribution in [2.75, 3.05) is 12.4 Å². The third-order valence-corrected chi connectivity index (χ3v) is 7.70. The van der Waals surface area contributed by atoms with E-state index >= 15 is 0 Å². The Balaban J connectivity index is 1.65. The van der Waals surface area contributed by atoms with E-state index < -0.39 is 49.8 Å². The fraction of sp³-hybridized carbons (Fsp3) is 0.438. The molecule has 0 saturated carbocycles. The van der Waals surface area contributed by atoms with Crippen molar-refractivity contribution in [1.29, 1.82) is 0 Å². The van der Waals surface area contributed by atoms with E-state index in [4.69, 9.17) is 4.74 Å². The SMILES string of the molecule is CC1(I)C[S+]([O-])[C@H]2C(NC(=O)COc3ccccc3)C(=O)N2C1C(=O)O. The van der Waals surface area contributed by atoms with Crippen molar-refractivity contribution in [2.45, 2.75) is 27.8 Å². The molecular formula is C16H17IN2O6S. The lowest BCUT2D eigenvalue weighted by Crippen LogP contribution is -2.82. The second-order valence-corrected chi connectivity index (χ2v) is 10.3. The third kappa shape index (κ3) is 3.49. The molecule has 2 N–H and O–H groups in total. The molecule has 2 saturated heterocycles. The number of amides is 2. The maximum absolute atomic E-state index is 12.5. The number of alkyl halides is 1. The number of rotatable bonds is 5. The van der Waals surface area contributed by atoms with Crippen molar-refractivity contribution in [1.82, 2.24) is 10.2 Å². The van der Waals surface area contributed by atoms with Gasteiger partial charge in [0.2, 0.25) is 5.37 Å². The molecule has 1 aromatic carbocycles. The highest BCUT2D eigenvalue weighted by Gasteiger charge is 2.67. The highest BCUT2D eigenvalue weighted by molar-refractivity contribution is 14.1. The number of halogens is 1. The Hall–Kier alpha value is -1.53. The van der Waals surface area contributed by atoms with Gasteiger partial charge in [0.15, 0.2) is 18.7 Å². The van der Waals surface area contributed by atoms with Crippen LogP contribution in [0.2, 0.25) is 0 Å². The fourth-order valence-electron chi connectivity index (χ4n) is 3.16. The van der Waals surface area contributed by atoms with E-state index in [2.05, 4.69) is 5.32 Å². The van der Waals surface area contributed by atoms with E-state index in [1.165, 1.54) is 0 Å². The molecule has 0 spiro atoms. The molecule has 8 nitrogen and oxygen atoms in total. The zero-order valence-electron chi connectivity index (χ0n) is 13.8. The summed E-state index contributed by atoms with van der Waals surface area (Å²) in [5.41, 5.74) is 0. The van der Waals surface area contributed by atoms with E-state index in [1.807, 2.05) is 28.7 Å². The van der Waals surface area contributed by atoms with Gasteiger partial charge >= 0.3 is 5.97 Å². The number of para-hydroxylation sites is 1. The molecule has 2 amide bonds. The van der Waals surface area contributed by atoms with Crippen molar-refractivity contribution >= 4 is 51.6 Å². The lowest BCUT2D eigenvalue weighted by Gasteiger charge is -2.55. The van der Waals surface area contributed by atoms with Gasteiger partial charge in [-0.1, -0.05) is 40.8 Å². The van der Waals surface area contributed by atoms with Gasteiger partial charge in [0, 0.05) is 0 Å². The highest BCUT2D eigenvalue weighted by Crippen LogP contribution is 2.42. The first-order valence-electron chi connectivity index (χ1n) is 7.80. The summed E-state index contributed by atoms with van der Waals surface area (Å²) in [6.07, 6.45) is 0. The normalized spacial score (nSPS) is 33.0. The van der Waals surface area contributed by atoms with Crippen molar-refractivity contribution in [3.63, 3.8) is 0 Å². The summed E-state index contributed by atoms with van der Waals surface area (Å²) in [7, 11) is 0. The van der Waals surface area contributed by atoms with Gasteiger partial charge in [-0.2, -0.15) is 0 Å². The smallest absolute Gasteiger partial charge is 0.328 e. The lowest BCUT2D eigenvalue weighted by atomic mass is 9.95. The zero-order valence-corrected chi connectivity index (χ0v) is 16.7. The Bertz CT molecular complexity index is 731. The average Bonchev–Trinajstić information content (AvgIpc) is 2.57. The van der Waals surface area contributed by atoms with E-state index in [0.29, 0.717) is 5.75 Å². The average molecular weight is 492 g/mol. The van der Waals surface area contributed by atoms with E-state index in [0.717, 1.165) is 4.90 Å². The second kappa shape index (κ2) is 7.24. The van der Waals surface area contributed by atoms with E-state index in [-0.39, 0.29) is 12.4 Å². The highest BCUT2D eigenvalue weighted by atomic mass is 127. The summed E-state index contributed by atoms with van der Waals surface area (Å²) >= 11 is 0.466. The number of aliphatic carboxylic acids is 1. The van der Waals surface area contributed by atoms with Gasteiger partial charge in [-0.3, -0.25) is 14.5 Å². The molecule has 3 rings (SSSR count). The van der Waals surface area contributed by atoms with Crippen molar-refractivity contribution in [3.8, 4) is 5.75 Å². The number of β-lactam (4-membered cyclic amide) rings is 1. The molecule has 0 bridgehead atoms. The summed E-state index contributed by atoms with van der Waals surface area (Å²) in [4.78, 5) is 37.2. The van der Waals surface area contributed by atoms with Crippen LogP contribution in [0.4, 0.5) is 0 Å². The van der Waals surface area contributed by atoms with Gasteiger partial charge in [-0.05, 0) is 30.2 Å². The van der Waals surface area contributed by atoms with Crippen LogP contribution in [0.3, 0.4) is 0 Å². The molecule has 2 heterocycles. The second-order valence-electron chi connectivity index (χ2n) is 6.33. The Kier molecular flexibility index (Phi) is 5.35. The Morgan fingerprint density at radius 2 is 2.12 bits per heavy atom. The molecule has 2 aliphatic rings. The molecule has 1 aromatic rings. The molecule has 0 aliphatic carbocycles. The van der Waals surface area contributed by atoms with Crippen LogP contribution in [0, 0.1) is 0 Å². The molecule has 2 aliphatic heterocycles. The van der Waals surface area contributed by atoms with Gasteiger partial charge in [0.1, 0.15) is 11.5 Å². The van der Waals surface area contributed by atoms with Gasteiger partial charge in [0.25, 0.3) is 11.8 Å². The first-order valence-corrected chi connectivity index (χ1v) is 10.3. The summed E-state index contributed by atoms with van der Waals surface area (Å²) in [6, 6.07) is 6.66. The Labute approximate surface area is 166 Å². The molecule has 4 unspecified atom stereocenters. The first-order chi connectivity index (χ1) is 12.2. The van der Waals surface area contributed by atoms with E-state index in [1.54, 1.807) is 31.2 Å². The van der Waals surface area contributed by atoms with Crippen molar-refractivity contribution < 1.29 is 28.8 Å². The van der Waals surface area contributed by atoms with Crippen LogP contribution in [0.25, 0.3) is 0 Å². The van der Waals surface area contributed by atoms with Crippen LogP contribution >= 0.6 is 22.6 Å². The number of hydrogen-bond donors (Lipinski definition) is 2. The number of carbonyl (C=O) groups excluding carboxylic acids is 2. The maximum Gasteiger partial charge on any atom is 0.328 e. The maximum atomic E-state index is 12.5. The molecule has 0 aromatic heterocycles. The summed E-state index contributed by atoms with van der Waals surface area (Å²) in [6.45, 7) is 1.37. The minimum Gasteiger partial charge on any atom is -0.615 e. The van der Waals surface area contributed by atoms with E-state index in [9.17, 15) is 24.0 Å². The van der Waals surface area contributed by atoms with Crippen molar-refractivity contribution in [2.24, 2.45) is 0 Å². The Morgan fingerprint density at radius 1 is 1.46 bits per heavy atom. The lowest BCUT2D eigenvalue weighted by molar-refractivity contribution is -0.164. The molecule has 5 atom stereocenters. The quantitative estimate of drug-likeness (QED) is 0.261. The zero-order chi connectivity index (χ0) is 19.1. The van der Waals surface area contributed by atoms with Crippen LogP contribution < -0.4 is 10.1 Å². The van der Waals surface area contributed by atoms with Crippen LogP contribution in [-0.4, -0.2) is 65.6 Å². The Morgan fingerprint density at radius 3 is 2.73 bits per heavy atom. The standard InChI is InChI=1S/C16H17IN2O6S/c1-16(17)8-26(24)14-11(13(21)19(14)12(16)15(22)23)18-10(20)7-25-9-5-3-2-4-6-9/h2-6,11-12,14H,7-8H2,1H3,(H,18,20)(H,22,23)/t11?,12?,14-,16?,26?/m0/s1. The topological polar surface area (TPSA) is 119 Å². The first kappa shape index (κ1) is 19.2. The molecule has 26 heavy (non-hydrogen) atoms. The van der Waals surface area contributed by atoms with Crippen LogP contribution in [-0.2, 0) is 25.6 Å². The molecule has 10 heteroatoms. The molecule has 2 fully saturated rings. The van der Waals surface area contributed by atoms with Crippen LogP contribution in [0.1, 0.15) is 6.92 Å².